The van der Waals surface area contributed by atoms with Crippen LogP contribution in [0.15, 0.2) is 0 Å². The van der Waals surface area contributed by atoms with Crippen molar-refractivity contribution in [2.75, 3.05) is 20.6 Å². The maximum atomic E-state index is 13.0. The fourth-order valence-electron chi connectivity index (χ4n) is 3.61. The van der Waals surface area contributed by atoms with E-state index in [1.165, 1.54) is 23.9 Å². The van der Waals surface area contributed by atoms with E-state index in [1.807, 2.05) is 27.7 Å². The quantitative estimate of drug-likeness (QED) is 0.457. The highest BCUT2D eigenvalue weighted by Gasteiger charge is 2.34. The Kier molecular flexibility index (Phi) is 12.4. The monoisotopic (exact) mass is 441 g/mol. The molecular formula is C23H43N3O5. The van der Waals surface area contributed by atoms with Crippen LogP contribution in [0.3, 0.4) is 0 Å². The molecule has 0 spiro atoms. The number of nitrogens with one attached hydrogen (secondary N) is 1. The van der Waals surface area contributed by atoms with Gasteiger partial charge in [-0.25, -0.2) is 4.79 Å². The zero-order valence-electron chi connectivity index (χ0n) is 20.8. The number of likely N-dealkylation sites (N-methyl/N-ethyl adjacent to an activating group) is 2. The number of aliphatic carboxylic acids is 1. The molecule has 0 saturated heterocycles. The van der Waals surface area contributed by atoms with E-state index in [4.69, 9.17) is 0 Å². The molecule has 0 aromatic heterocycles. The summed E-state index contributed by atoms with van der Waals surface area (Å²) in [6.07, 6.45) is 2.04. The molecule has 0 bridgehead atoms. The lowest BCUT2D eigenvalue weighted by Crippen LogP contribution is -2.54. The predicted octanol–water partition coefficient (Wildman–Crippen LogP) is 2.62. The van der Waals surface area contributed by atoms with E-state index < -0.39 is 24.0 Å². The lowest BCUT2D eigenvalue weighted by atomic mass is 9.93. The first-order valence-electron chi connectivity index (χ1n) is 11.3. The summed E-state index contributed by atoms with van der Waals surface area (Å²) < 4.78 is 0. The van der Waals surface area contributed by atoms with E-state index in [1.54, 1.807) is 6.92 Å². The van der Waals surface area contributed by atoms with Gasteiger partial charge in [-0.2, -0.15) is 0 Å². The van der Waals surface area contributed by atoms with Crippen molar-refractivity contribution in [1.82, 2.24) is 15.1 Å². The molecule has 2 N–H and O–H groups in total. The van der Waals surface area contributed by atoms with Gasteiger partial charge in [-0.3, -0.25) is 14.4 Å². The van der Waals surface area contributed by atoms with Gasteiger partial charge in [-0.1, -0.05) is 54.9 Å². The van der Waals surface area contributed by atoms with Crippen molar-refractivity contribution in [2.24, 2.45) is 23.7 Å². The van der Waals surface area contributed by atoms with Gasteiger partial charge in [-0.15, -0.1) is 0 Å². The van der Waals surface area contributed by atoms with Crippen molar-refractivity contribution in [2.45, 2.75) is 79.8 Å². The summed E-state index contributed by atoms with van der Waals surface area (Å²) in [7, 11) is 2.95. The van der Waals surface area contributed by atoms with Crippen molar-refractivity contribution in [3.63, 3.8) is 0 Å². The number of hydrogen-bond donors (Lipinski definition) is 2. The molecule has 0 aliphatic carbocycles. The lowest BCUT2D eigenvalue weighted by molar-refractivity contribution is -0.152. The number of rotatable bonds is 13. The molecule has 0 fully saturated rings. The summed E-state index contributed by atoms with van der Waals surface area (Å²) in [5, 5.41) is 12.4. The van der Waals surface area contributed by atoms with Gasteiger partial charge in [0.25, 0.3) is 0 Å². The van der Waals surface area contributed by atoms with Gasteiger partial charge in [0, 0.05) is 20.0 Å². The zero-order chi connectivity index (χ0) is 24.5. The summed E-state index contributed by atoms with van der Waals surface area (Å²) in [4.78, 5) is 52.5. The van der Waals surface area contributed by atoms with Crippen LogP contribution < -0.4 is 5.32 Å². The van der Waals surface area contributed by atoms with Crippen LogP contribution in [-0.4, -0.2) is 71.3 Å². The summed E-state index contributed by atoms with van der Waals surface area (Å²) in [5.74, 6) is -2.21. The number of carbonyl (C=O) groups is 4. The summed E-state index contributed by atoms with van der Waals surface area (Å²) >= 11 is 0. The van der Waals surface area contributed by atoms with Crippen LogP contribution in [0, 0.1) is 23.7 Å². The number of hydrogen-bond acceptors (Lipinski definition) is 4. The minimum Gasteiger partial charge on any atom is -0.480 e. The van der Waals surface area contributed by atoms with Crippen LogP contribution in [0.4, 0.5) is 0 Å². The van der Waals surface area contributed by atoms with E-state index in [0.29, 0.717) is 18.8 Å². The van der Waals surface area contributed by atoms with E-state index >= 15 is 0 Å². The Morgan fingerprint density at radius 1 is 0.935 bits per heavy atom. The highest BCUT2D eigenvalue weighted by Crippen LogP contribution is 2.17. The molecule has 0 heterocycles. The Labute approximate surface area is 187 Å². The van der Waals surface area contributed by atoms with Gasteiger partial charge in [0.15, 0.2) is 0 Å². The normalized spacial score (nSPS) is 15.2. The third kappa shape index (κ3) is 8.87. The highest BCUT2D eigenvalue weighted by atomic mass is 16.4. The average Bonchev–Trinajstić information content (AvgIpc) is 2.68. The number of nitrogens with zero attached hydrogens (tertiary/aromatic N) is 2. The zero-order valence-corrected chi connectivity index (χ0v) is 20.8. The van der Waals surface area contributed by atoms with Crippen LogP contribution in [0.1, 0.15) is 67.7 Å². The van der Waals surface area contributed by atoms with Gasteiger partial charge >= 0.3 is 5.97 Å². The maximum absolute atomic E-state index is 13.0. The molecule has 31 heavy (non-hydrogen) atoms. The Morgan fingerprint density at radius 2 is 1.48 bits per heavy atom. The van der Waals surface area contributed by atoms with E-state index in [2.05, 4.69) is 19.2 Å². The molecule has 0 radical (unpaired) electrons. The molecule has 0 rings (SSSR count). The van der Waals surface area contributed by atoms with Crippen LogP contribution in [0.5, 0.6) is 0 Å². The highest BCUT2D eigenvalue weighted by molar-refractivity contribution is 5.92. The topological polar surface area (TPSA) is 107 Å². The first-order valence-corrected chi connectivity index (χ1v) is 11.3. The first kappa shape index (κ1) is 28.9. The fraction of sp³-hybridized carbons (Fsp3) is 0.826. The summed E-state index contributed by atoms with van der Waals surface area (Å²) in [6.45, 7) is 13.2. The number of carboxylic acid groups (broad SMARTS) is 1. The summed E-state index contributed by atoms with van der Waals surface area (Å²) in [5.41, 5.74) is 0. The molecule has 0 aliphatic heterocycles. The standard InChI is InChI=1S/C23H43N3O5/c1-10-16(7)20(23(30)31)26(9)18(27)13-25(8)22(29)19(15(5)6)24-21(28)17(11-2)12-14(3)4/h14-17,19-20H,10-13H2,1-9H3,(H,24,28)(H,30,31)/t16?,17-,19-,20+/m0/s1. The van der Waals surface area contributed by atoms with Crippen LogP contribution in [0.25, 0.3) is 0 Å². The second-order valence-electron chi connectivity index (χ2n) is 9.33. The smallest absolute Gasteiger partial charge is 0.326 e. The SMILES string of the molecule is CCC(C)[C@H](C(=O)O)N(C)C(=O)CN(C)C(=O)[C@@H](NC(=O)[C@@H](CC)CC(C)C)C(C)C. The minimum atomic E-state index is -1.07. The molecule has 0 saturated carbocycles. The molecule has 4 atom stereocenters. The molecule has 1 unspecified atom stereocenters. The van der Waals surface area contributed by atoms with Crippen LogP contribution >= 0.6 is 0 Å². The van der Waals surface area contributed by atoms with Gasteiger partial charge < -0.3 is 20.2 Å². The molecule has 3 amide bonds. The van der Waals surface area contributed by atoms with Crippen LogP contribution in [-0.2, 0) is 19.2 Å². The van der Waals surface area contributed by atoms with Gasteiger partial charge in [0.05, 0.1) is 6.54 Å². The van der Waals surface area contributed by atoms with Crippen molar-refractivity contribution < 1.29 is 24.3 Å². The van der Waals surface area contributed by atoms with Crippen molar-refractivity contribution in [1.29, 1.82) is 0 Å². The third-order valence-corrected chi connectivity index (χ3v) is 5.85. The Bertz CT molecular complexity index is 620. The molecule has 180 valence electrons. The van der Waals surface area contributed by atoms with E-state index in [0.717, 1.165) is 6.42 Å². The Morgan fingerprint density at radius 3 is 1.87 bits per heavy atom. The molecule has 0 aromatic rings. The van der Waals surface area contributed by atoms with E-state index in [9.17, 15) is 24.3 Å². The predicted molar refractivity (Wildman–Crippen MR) is 121 cm³/mol. The van der Waals surface area contributed by atoms with Crippen molar-refractivity contribution in [3.8, 4) is 0 Å². The van der Waals surface area contributed by atoms with Crippen LogP contribution in [0.2, 0.25) is 0 Å². The molecular weight excluding hydrogens is 398 g/mol. The summed E-state index contributed by atoms with van der Waals surface area (Å²) in [6, 6.07) is -1.70. The second-order valence-corrected chi connectivity index (χ2v) is 9.33. The second kappa shape index (κ2) is 13.3. The van der Waals surface area contributed by atoms with Crippen molar-refractivity contribution in [3.05, 3.63) is 0 Å². The number of carbonyl (C=O) groups excluding carboxylic acids is 3. The third-order valence-electron chi connectivity index (χ3n) is 5.85. The lowest BCUT2D eigenvalue weighted by Gasteiger charge is -2.32. The largest absolute Gasteiger partial charge is 0.480 e. The molecule has 0 aromatic carbocycles. The van der Waals surface area contributed by atoms with Crippen molar-refractivity contribution >= 4 is 23.7 Å². The van der Waals surface area contributed by atoms with Gasteiger partial charge in [0.2, 0.25) is 17.7 Å². The minimum absolute atomic E-state index is 0.150. The fourth-order valence-corrected chi connectivity index (χ4v) is 3.61. The number of amides is 3. The first-order chi connectivity index (χ1) is 14.3. The van der Waals surface area contributed by atoms with E-state index in [-0.39, 0.29) is 36.1 Å². The maximum Gasteiger partial charge on any atom is 0.326 e. The molecule has 0 aliphatic rings. The molecule has 8 heteroatoms. The average molecular weight is 442 g/mol. The Hall–Kier alpha value is -2.12. The Balaban J connectivity index is 5.30. The number of carboxylic acids is 1. The van der Waals surface area contributed by atoms with Gasteiger partial charge in [0.1, 0.15) is 12.1 Å². The van der Waals surface area contributed by atoms with Gasteiger partial charge in [-0.05, 0) is 30.6 Å². The molecule has 8 nitrogen and oxygen atoms in total.